The molecule has 3 heteroatoms. The first-order chi connectivity index (χ1) is 18.7. The Morgan fingerprint density at radius 2 is 1.55 bits per heavy atom. The molecular formula is C37H54O3. The number of benzene rings is 1. The Balaban J connectivity index is 1.45. The Kier molecular flexibility index (Phi) is 6.38. The summed E-state index contributed by atoms with van der Waals surface area (Å²) >= 11 is 0. The number of carbonyl (C=O) groups excluding carboxylic acids is 1. The molecule has 4 saturated carbocycles. The van der Waals surface area contributed by atoms with Crippen LogP contribution in [-0.4, -0.2) is 17.2 Å². The molecule has 0 bridgehead atoms. The van der Waals surface area contributed by atoms with Gasteiger partial charge in [0.15, 0.2) is 0 Å². The maximum absolute atomic E-state index is 14.2. The molecule has 0 radical (unpaired) electrons. The molecule has 10 unspecified atom stereocenters. The lowest BCUT2D eigenvalue weighted by Crippen LogP contribution is -2.69. The molecule has 6 rings (SSSR count). The van der Waals surface area contributed by atoms with Crippen LogP contribution in [0.2, 0.25) is 0 Å². The van der Waals surface area contributed by atoms with Gasteiger partial charge in [-0.2, -0.15) is 0 Å². The van der Waals surface area contributed by atoms with E-state index in [2.05, 4.69) is 61.5 Å². The van der Waals surface area contributed by atoms with Crippen molar-refractivity contribution in [3.63, 3.8) is 0 Å². The summed E-state index contributed by atoms with van der Waals surface area (Å²) in [5.41, 5.74) is 1.62. The standard InChI is InChI=1S/C37H54O3/c1-24-14-21-37(31(39)40-26-12-10-9-11-13-26)23-22-33(5)27(30(37)25(24)2)15-19-36(8)34(6)18-17-29(38)32(3,4)28(34)16-20-35(33,36)7/h9-13,15,24-25,28-30,38H,14,16-23H2,1-8H3. The van der Waals surface area contributed by atoms with E-state index in [1.165, 1.54) is 12.8 Å². The summed E-state index contributed by atoms with van der Waals surface area (Å²) in [4.78, 5) is 14.2. The summed E-state index contributed by atoms with van der Waals surface area (Å²) in [6.45, 7) is 19.9. The second kappa shape index (κ2) is 8.95. The van der Waals surface area contributed by atoms with Gasteiger partial charge in [0.1, 0.15) is 5.75 Å². The average molecular weight is 547 g/mol. The first-order valence-electron chi connectivity index (χ1n) is 16.3. The highest BCUT2D eigenvalue weighted by Gasteiger charge is 2.73. The zero-order valence-corrected chi connectivity index (χ0v) is 26.5. The van der Waals surface area contributed by atoms with Gasteiger partial charge in [-0.05, 0) is 121 Å². The Bertz CT molecular complexity index is 1200. The Morgan fingerprint density at radius 3 is 2.25 bits per heavy atom. The predicted molar refractivity (Wildman–Crippen MR) is 162 cm³/mol. The van der Waals surface area contributed by atoms with Crippen molar-refractivity contribution in [2.24, 2.45) is 56.2 Å². The molecule has 0 aliphatic heterocycles. The Hall–Kier alpha value is -1.61. The highest BCUT2D eigenvalue weighted by atomic mass is 16.5. The van der Waals surface area contributed by atoms with Crippen molar-refractivity contribution in [3.05, 3.63) is 42.0 Å². The monoisotopic (exact) mass is 546 g/mol. The molecule has 1 aromatic rings. The molecule has 0 aromatic heterocycles. The van der Waals surface area contributed by atoms with E-state index in [9.17, 15) is 9.90 Å². The minimum Gasteiger partial charge on any atom is -0.426 e. The minimum absolute atomic E-state index is 0.00239. The summed E-state index contributed by atoms with van der Waals surface area (Å²) < 4.78 is 6.19. The number of carbonyl (C=O) groups is 1. The fourth-order valence-electron chi connectivity index (χ4n) is 11.9. The molecule has 4 fully saturated rings. The van der Waals surface area contributed by atoms with Gasteiger partial charge in [-0.25, -0.2) is 0 Å². The Labute approximate surface area is 243 Å². The molecule has 5 aliphatic carbocycles. The molecule has 0 saturated heterocycles. The van der Waals surface area contributed by atoms with E-state index < -0.39 is 5.41 Å². The quantitative estimate of drug-likeness (QED) is 0.229. The van der Waals surface area contributed by atoms with Crippen LogP contribution in [0.1, 0.15) is 113 Å². The second-order valence-electron chi connectivity index (χ2n) is 16.5. The van der Waals surface area contributed by atoms with Gasteiger partial charge in [0.2, 0.25) is 0 Å². The number of hydrogen-bond acceptors (Lipinski definition) is 3. The lowest BCUT2D eigenvalue weighted by molar-refractivity contribution is -0.250. The van der Waals surface area contributed by atoms with Gasteiger partial charge in [-0.15, -0.1) is 0 Å². The van der Waals surface area contributed by atoms with Gasteiger partial charge < -0.3 is 9.84 Å². The molecule has 220 valence electrons. The summed E-state index contributed by atoms with van der Waals surface area (Å²) in [5.74, 6) is 2.49. The maximum Gasteiger partial charge on any atom is 0.318 e. The van der Waals surface area contributed by atoms with Crippen molar-refractivity contribution in [3.8, 4) is 5.75 Å². The van der Waals surface area contributed by atoms with E-state index in [1.54, 1.807) is 5.57 Å². The number of rotatable bonds is 2. The van der Waals surface area contributed by atoms with Crippen LogP contribution >= 0.6 is 0 Å². The van der Waals surface area contributed by atoms with Gasteiger partial charge in [0.05, 0.1) is 11.5 Å². The summed E-state index contributed by atoms with van der Waals surface area (Å²) in [6.07, 6.45) is 11.9. The minimum atomic E-state index is -0.435. The van der Waals surface area contributed by atoms with Crippen LogP contribution in [0.3, 0.4) is 0 Å². The van der Waals surface area contributed by atoms with E-state index in [0.717, 1.165) is 44.9 Å². The first-order valence-corrected chi connectivity index (χ1v) is 16.3. The van der Waals surface area contributed by atoms with Gasteiger partial charge >= 0.3 is 5.97 Å². The lowest BCUT2D eigenvalue weighted by atomic mass is 9.29. The first kappa shape index (κ1) is 28.5. The highest BCUT2D eigenvalue weighted by molar-refractivity contribution is 5.81. The molecule has 0 heterocycles. The number of aliphatic hydroxyl groups is 1. The second-order valence-corrected chi connectivity index (χ2v) is 16.5. The van der Waals surface area contributed by atoms with E-state index in [4.69, 9.17) is 4.74 Å². The predicted octanol–water partition coefficient (Wildman–Crippen LogP) is 9.00. The van der Waals surface area contributed by atoms with Crippen LogP contribution in [-0.2, 0) is 4.79 Å². The van der Waals surface area contributed by atoms with E-state index in [0.29, 0.717) is 23.5 Å². The third-order valence-electron chi connectivity index (χ3n) is 15.3. The van der Waals surface area contributed by atoms with Crippen LogP contribution in [0, 0.1) is 56.2 Å². The average Bonchev–Trinajstić information content (AvgIpc) is 2.91. The van der Waals surface area contributed by atoms with Gasteiger partial charge in [0.25, 0.3) is 0 Å². The van der Waals surface area contributed by atoms with Crippen molar-refractivity contribution in [1.82, 2.24) is 0 Å². The fraction of sp³-hybridized carbons (Fsp3) is 0.757. The van der Waals surface area contributed by atoms with E-state index in [1.807, 2.05) is 30.3 Å². The molecule has 40 heavy (non-hydrogen) atoms. The van der Waals surface area contributed by atoms with Crippen molar-refractivity contribution in [1.29, 1.82) is 0 Å². The van der Waals surface area contributed by atoms with Gasteiger partial charge in [-0.3, -0.25) is 4.79 Å². The molecule has 0 spiro atoms. The number of para-hydroxylation sites is 1. The van der Waals surface area contributed by atoms with Crippen molar-refractivity contribution in [2.45, 2.75) is 119 Å². The van der Waals surface area contributed by atoms with Crippen LogP contribution in [0.5, 0.6) is 5.75 Å². The van der Waals surface area contributed by atoms with Crippen LogP contribution in [0.15, 0.2) is 42.0 Å². The van der Waals surface area contributed by atoms with E-state index in [-0.39, 0.29) is 45.1 Å². The number of esters is 1. The highest BCUT2D eigenvalue weighted by Crippen LogP contribution is 2.80. The summed E-state index contributed by atoms with van der Waals surface area (Å²) in [5, 5.41) is 11.1. The van der Waals surface area contributed by atoms with Crippen molar-refractivity contribution >= 4 is 5.97 Å². The molecule has 0 amide bonds. The summed E-state index contributed by atoms with van der Waals surface area (Å²) in [6, 6.07) is 9.71. The number of fused-ring (bicyclic) bond motifs is 7. The number of hydrogen-bond donors (Lipinski definition) is 1. The number of allylic oxidation sites excluding steroid dienone is 2. The molecule has 3 nitrogen and oxygen atoms in total. The lowest BCUT2D eigenvalue weighted by Gasteiger charge is -2.75. The zero-order valence-electron chi connectivity index (χ0n) is 26.5. The maximum atomic E-state index is 14.2. The molecular weight excluding hydrogens is 492 g/mol. The SMILES string of the molecule is CC1CCC2(C(=O)Oc3ccccc3)CCC3(C)C(=CCC4(C)C5(C)CCC(O)C(C)(C)C5CCC34C)C2C1C. The molecule has 1 N–H and O–H groups in total. The number of aliphatic hydroxyl groups excluding tert-OH is 1. The van der Waals surface area contributed by atoms with Crippen LogP contribution in [0.25, 0.3) is 0 Å². The third-order valence-corrected chi connectivity index (χ3v) is 15.3. The van der Waals surface area contributed by atoms with Gasteiger partial charge in [0, 0.05) is 0 Å². The fourth-order valence-corrected chi connectivity index (χ4v) is 11.9. The summed E-state index contributed by atoms with van der Waals surface area (Å²) in [7, 11) is 0. The van der Waals surface area contributed by atoms with Crippen molar-refractivity contribution in [2.75, 3.05) is 0 Å². The van der Waals surface area contributed by atoms with Crippen LogP contribution < -0.4 is 4.74 Å². The largest absolute Gasteiger partial charge is 0.426 e. The Morgan fingerprint density at radius 1 is 0.850 bits per heavy atom. The smallest absolute Gasteiger partial charge is 0.318 e. The third kappa shape index (κ3) is 3.36. The van der Waals surface area contributed by atoms with Gasteiger partial charge in [-0.1, -0.05) is 85.2 Å². The molecule has 1 aromatic carbocycles. The normalized spacial score (nSPS) is 49.4. The van der Waals surface area contributed by atoms with Crippen molar-refractivity contribution < 1.29 is 14.6 Å². The number of ether oxygens (including phenoxy) is 1. The van der Waals surface area contributed by atoms with Crippen LogP contribution in [0.4, 0.5) is 0 Å². The molecule has 10 atom stereocenters. The zero-order chi connectivity index (χ0) is 28.9. The molecule has 5 aliphatic rings. The topological polar surface area (TPSA) is 46.5 Å². The van der Waals surface area contributed by atoms with E-state index >= 15 is 0 Å².